The van der Waals surface area contributed by atoms with Gasteiger partial charge in [0.05, 0.1) is 46.7 Å². The van der Waals surface area contributed by atoms with Gasteiger partial charge in [0, 0.05) is 30.0 Å². The molecule has 1 aliphatic heterocycles. The smallest absolute Gasteiger partial charge is 0.311 e. The van der Waals surface area contributed by atoms with Gasteiger partial charge in [0.25, 0.3) is 0 Å². The van der Waals surface area contributed by atoms with E-state index >= 15 is 0 Å². The molecule has 2 saturated carbocycles. The van der Waals surface area contributed by atoms with Gasteiger partial charge in [-0.1, -0.05) is 12.5 Å². The summed E-state index contributed by atoms with van der Waals surface area (Å²) in [6.07, 6.45) is 9.45. The van der Waals surface area contributed by atoms with Gasteiger partial charge >= 0.3 is 11.9 Å². The van der Waals surface area contributed by atoms with Crippen LogP contribution in [0.25, 0.3) is 0 Å². The monoisotopic (exact) mass is 591 g/mol. The van der Waals surface area contributed by atoms with Crippen molar-refractivity contribution in [1.29, 1.82) is 5.26 Å². The second-order valence-electron chi connectivity index (χ2n) is 11.1. The van der Waals surface area contributed by atoms with Gasteiger partial charge in [-0.3, -0.25) is 9.59 Å². The quantitative estimate of drug-likeness (QED) is 0.0930. The molecule has 2 unspecified atom stereocenters. The lowest BCUT2D eigenvalue weighted by molar-refractivity contribution is -0.188. The van der Waals surface area contributed by atoms with Crippen LogP contribution in [0, 0.1) is 17.2 Å². The number of carbonyl (C=O) groups excluding carboxylic acids is 2. The third kappa shape index (κ3) is 8.23. The second-order valence-corrected chi connectivity index (χ2v) is 14.7. The molecule has 10 heteroatoms. The van der Waals surface area contributed by atoms with Gasteiger partial charge in [-0.2, -0.15) is 5.26 Å². The average molecular weight is 592 g/mol. The molecule has 220 valence electrons. The van der Waals surface area contributed by atoms with Crippen LogP contribution in [0.4, 0.5) is 0 Å². The number of hydrogen-bond donors (Lipinski definition) is 0. The Morgan fingerprint density at radius 2 is 1.88 bits per heavy atom. The van der Waals surface area contributed by atoms with E-state index < -0.39 is 27.9 Å². The van der Waals surface area contributed by atoms with Crippen molar-refractivity contribution >= 4 is 32.9 Å². The summed E-state index contributed by atoms with van der Waals surface area (Å²) in [5, 5.41) is 10.6. The van der Waals surface area contributed by atoms with Gasteiger partial charge in [-0.25, -0.2) is 0 Å². The SMILES string of the molecule is COc1ccc(C2(C#N)CCC(C(=O)OC(C)OC(=O)CCCC[C@H]3CC[S+]([O-])S3)CC2)cc1OC1CCCC1. The van der Waals surface area contributed by atoms with E-state index in [1.54, 1.807) is 14.0 Å². The molecule has 1 heterocycles. The van der Waals surface area contributed by atoms with Crippen molar-refractivity contribution in [2.75, 3.05) is 12.9 Å². The van der Waals surface area contributed by atoms with Gasteiger partial charge in [-0.05, 0) is 81.9 Å². The molecule has 0 spiro atoms. The molecular formula is C30H41NO7S2. The maximum atomic E-state index is 12.8. The van der Waals surface area contributed by atoms with E-state index in [2.05, 4.69) is 6.07 Å². The van der Waals surface area contributed by atoms with E-state index in [9.17, 15) is 19.4 Å². The van der Waals surface area contributed by atoms with Crippen LogP contribution in [-0.4, -0.2) is 47.0 Å². The van der Waals surface area contributed by atoms with E-state index in [4.69, 9.17) is 18.9 Å². The van der Waals surface area contributed by atoms with Gasteiger partial charge in [0.15, 0.2) is 11.5 Å². The van der Waals surface area contributed by atoms with Crippen molar-refractivity contribution in [3.8, 4) is 17.6 Å². The minimum Gasteiger partial charge on any atom is -0.605 e. The first-order valence-corrected chi connectivity index (χ1v) is 17.3. The predicted molar refractivity (Wildman–Crippen MR) is 154 cm³/mol. The molecule has 0 aromatic heterocycles. The molecular weight excluding hydrogens is 550 g/mol. The van der Waals surface area contributed by atoms with E-state index in [0.29, 0.717) is 48.9 Å². The number of benzene rings is 1. The molecule has 0 N–H and O–H groups in total. The Hall–Kier alpha value is -2.09. The van der Waals surface area contributed by atoms with Gasteiger partial charge in [0.2, 0.25) is 6.29 Å². The maximum Gasteiger partial charge on any atom is 0.311 e. The van der Waals surface area contributed by atoms with E-state index in [1.807, 2.05) is 18.2 Å². The van der Waals surface area contributed by atoms with Crippen LogP contribution in [-0.2, 0) is 34.7 Å². The molecule has 40 heavy (non-hydrogen) atoms. The Morgan fingerprint density at radius 1 is 1.12 bits per heavy atom. The minimum atomic E-state index is -0.952. The molecule has 0 bridgehead atoms. The molecule has 3 atom stereocenters. The number of nitriles is 1. The fourth-order valence-corrected chi connectivity index (χ4v) is 9.47. The van der Waals surface area contributed by atoms with Gasteiger partial charge in [-0.15, -0.1) is 0 Å². The van der Waals surface area contributed by atoms with Crippen LogP contribution in [0.5, 0.6) is 11.5 Å². The Morgan fingerprint density at radius 3 is 2.52 bits per heavy atom. The zero-order chi connectivity index (χ0) is 28.5. The second kappa shape index (κ2) is 14.7. The van der Waals surface area contributed by atoms with Crippen LogP contribution in [0.3, 0.4) is 0 Å². The first kappa shape index (κ1) is 30.9. The molecule has 2 aliphatic carbocycles. The van der Waals surface area contributed by atoms with E-state index in [-0.39, 0.29) is 24.4 Å². The average Bonchev–Trinajstić information content (AvgIpc) is 3.62. The summed E-state index contributed by atoms with van der Waals surface area (Å²) in [4.78, 5) is 25.0. The molecule has 0 amide bonds. The highest BCUT2D eigenvalue weighted by molar-refractivity contribution is 8.72. The minimum absolute atomic E-state index is 0.174. The lowest BCUT2D eigenvalue weighted by Gasteiger charge is -2.35. The summed E-state index contributed by atoms with van der Waals surface area (Å²) >= 11 is 0. The van der Waals surface area contributed by atoms with Crippen molar-refractivity contribution in [2.24, 2.45) is 5.92 Å². The van der Waals surface area contributed by atoms with Gasteiger partial charge < -0.3 is 23.5 Å². The Balaban J connectivity index is 1.23. The normalized spacial score (nSPS) is 27.5. The van der Waals surface area contributed by atoms with Crippen molar-refractivity contribution < 1.29 is 33.1 Å². The summed E-state index contributed by atoms with van der Waals surface area (Å²) in [6, 6.07) is 8.26. The number of rotatable bonds is 12. The van der Waals surface area contributed by atoms with E-state index in [1.165, 1.54) is 10.8 Å². The fourth-order valence-electron chi connectivity index (χ4n) is 5.90. The number of methoxy groups -OCH3 is 1. The first-order chi connectivity index (χ1) is 19.3. The standard InChI is InChI=1S/C30H41NO7S2/c1-21(36-28(32)10-6-5-9-25-15-18-40(34)39-25)37-29(33)22-13-16-30(20-31,17-14-22)23-11-12-26(35-2)27(19-23)38-24-7-3-4-8-24/h11-12,19,21-22,24-25H,3-10,13-18H2,1-2H3/t21?,22?,25-,30?,40?/m0/s1. The van der Waals surface area contributed by atoms with Crippen molar-refractivity contribution in [2.45, 2.75) is 113 Å². The van der Waals surface area contributed by atoms with Crippen LogP contribution >= 0.6 is 10.8 Å². The highest BCUT2D eigenvalue weighted by Crippen LogP contribution is 2.44. The number of nitrogens with zero attached hydrogens (tertiary/aromatic N) is 1. The van der Waals surface area contributed by atoms with E-state index in [0.717, 1.165) is 56.3 Å². The Kier molecular flexibility index (Phi) is 11.3. The van der Waals surface area contributed by atoms with Crippen LogP contribution in [0.15, 0.2) is 18.2 Å². The molecule has 1 aromatic carbocycles. The number of hydrogen-bond acceptors (Lipinski definition) is 9. The highest BCUT2D eigenvalue weighted by atomic mass is 33.1. The topological polar surface area (TPSA) is 118 Å². The maximum absolute atomic E-state index is 12.8. The lowest BCUT2D eigenvalue weighted by atomic mass is 9.67. The Labute approximate surface area is 244 Å². The molecule has 3 aliphatic rings. The highest BCUT2D eigenvalue weighted by Gasteiger charge is 2.40. The van der Waals surface area contributed by atoms with Crippen molar-refractivity contribution in [1.82, 2.24) is 0 Å². The zero-order valence-electron chi connectivity index (χ0n) is 23.6. The van der Waals surface area contributed by atoms with Crippen LogP contribution in [0.1, 0.15) is 96.0 Å². The number of esters is 2. The van der Waals surface area contributed by atoms with Crippen LogP contribution in [0.2, 0.25) is 0 Å². The summed E-state index contributed by atoms with van der Waals surface area (Å²) in [6.45, 7) is 1.56. The number of carbonyl (C=O) groups is 2. The fraction of sp³-hybridized carbons (Fsp3) is 0.700. The summed E-state index contributed by atoms with van der Waals surface area (Å²) in [7, 11) is 2.40. The zero-order valence-corrected chi connectivity index (χ0v) is 25.2. The predicted octanol–water partition coefficient (Wildman–Crippen LogP) is 6.13. The summed E-state index contributed by atoms with van der Waals surface area (Å²) < 4.78 is 34.0. The Bertz CT molecular complexity index is 1050. The first-order valence-electron chi connectivity index (χ1n) is 14.5. The third-order valence-corrected chi connectivity index (χ3v) is 11.8. The summed E-state index contributed by atoms with van der Waals surface area (Å²) in [5.41, 5.74) is 0.179. The molecule has 0 radical (unpaired) electrons. The van der Waals surface area contributed by atoms with Crippen molar-refractivity contribution in [3.05, 3.63) is 23.8 Å². The molecule has 1 aromatic rings. The summed E-state index contributed by atoms with van der Waals surface area (Å²) in [5.74, 6) is 0.978. The number of ether oxygens (including phenoxy) is 4. The third-order valence-electron chi connectivity index (χ3n) is 8.28. The molecule has 4 rings (SSSR count). The molecule has 3 fully saturated rings. The lowest BCUT2D eigenvalue weighted by Crippen LogP contribution is -2.35. The molecule has 8 nitrogen and oxygen atoms in total. The number of unbranched alkanes of at least 4 members (excludes halogenated alkanes) is 1. The van der Waals surface area contributed by atoms with Gasteiger partial charge in [0.1, 0.15) is 5.75 Å². The molecule has 1 saturated heterocycles. The van der Waals surface area contributed by atoms with Crippen LogP contribution < -0.4 is 9.47 Å². The van der Waals surface area contributed by atoms with Crippen molar-refractivity contribution in [3.63, 3.8) is 0 Å². The largest absolute Gasteiger partial charge is 0.605 e.